The Morgan fingerprint density at radius 1 is 1.14 bits per heavy atom. The molecule has 1 aliphatic heterocycles. The molecular formula is C25H34N2O6S2. The lowest BCUT2D eigenvalue weighted by Gasteiger charge is -2.30. The number of hydrogen-bond acceptors (Lipinski definition) is 7. The maximum Gasteiger partial charge on any atom is 0.407 e. The summed E-state index contributed by atoms with van der Waals surface area (Å²) in [7, 11) is -3.95. The van der Waals surface area contributed by atoms with Gasteiger partial charge in [-0.1, -0.05) is 44.2 Å². The molecule has 1 saturated heterocycles. The first-order valence-electron chi connectivity index (χ1n) is 11.7. The van der Waals surface area contributed by atoms with Crippen molar-refractivity contribution < 1.29 is 28.2 Å². The van der Waals surface area contributed by atoms with Crippen molar-refractivity contribution in [2.75, 3.05) is 24.6 Å². The molecule has 1 amide bonds. The van der Waals surface area contributed by atoms with Crippen LogP contribution in [0.5, 0.6) is 5.75 Å². The van der Waals surface area contributed by atoms with Crippen molar-refractivity contribution in [2.24, 2.45) is 5.92 Å². The number of alkyl carbamates (subject to hydrolysis) is 1. The molecule has 1 aliphatic rings. The zero-order chi connectivity index (χ0) is 25.4. The van der Waals surface area contributed by atoms with Crippen molar-refractivity contribution in [3.63, 3.8) is 0 Å². The Kier molecular flexibility index (Phi) is 9.85. The molecular weight excluding hydrogens is 488 g/mol. The van der Waals surface area contributed by atoms with Gasteiger partial charge in [0.15, 0.2) is 0 Å². The number of aromatic hydroxyl groups is 1. The van der Waals surface area contributed by atoms with Gasteiger partial charge < -0.3 is 20.3 Å². The van der Waals surface area contributed by atoms with Crippen LogP contribution < -0.4 is 5.32 Å². The van der Waals surface area contributed by atoms with Crippen LogP contribution in [0.2, 0.25) is 0 Å². The van der Waals surface area contributed by atoms with Crippen molar-refractivity contribution in [2.45, 2.75) is 49.8 Å². The quantitative estimate of drug-likeness (QED) is 0.415. The van der Waals surface area contributed by atoms with Crippen LogP contribution in [0.25, 0.3) is 0 Å². The highest BCUT2D eigenvalue weighted by Gasteiger charge is 2.32. The first-order chi connectivity index (χ1) is 16.6. The third kappa shape index (κ3) is 8.13. The summed E-state index contributed by atoms with van der Waals surface area (Å²) in [6.45, 7) is 3.76. The molecule has 2 aromatic carbocycles. The molecule has 192 valence electrons. The van der Waals surface area contributed by atoms with E-state index in [9.17, 15) is 23.4 Å². The predicted octanol–water partition coefficient (Wildman–Crippen LogP) is 3.24. The predicted molar refractivity (Wildman–Crippen MR) is 137 cm³/mol. The summed E-state index contributed by atoms with van der Waals surface area (Å²) in [5.74, 6) is 1.64. The molecule has 3 rings (SSSR count). The molecule has 3 unspecified atom stereocenters. The lowest BCUT2D eigenvalue weighted by atomic mass is 10.0. The first kappa shape index (κ1) is 27.3. The molecule has 3 atom stereocenters. The van der Waals surface area contributed by atoms with Crippen molar-refractivity contribution in [3.05, 3.63) is 60.2 Å². The highest BCUT2D eigenvalue weighted by Crippen LogP contribution is 2.22. The van der Waals surface area contributed by atoms with Gasteiger partial charge in [0, 0.05) is 18.8 Å². The minimum absolute atomic E-state index is 0.000505. The molecule has 0 radical (unpaired) electrons. The molecule has 1 fully saturated rings. The number of nitrogens with zero attached hydrogens (tertiary/aromatic N) is 1. The summed E-state index contributed by atoms with van der Waals surface area (Å²) in [4.78, 5) is 12.6. The zero-order valence-corrected chi connectivity index (χ0v) is 21.7. The number of phenolic OH excluding ortho intramolecular Hbond substituents is 1. The summed E-state index contributed by atoms with van der Waals surface area (Å²) < 4.78 is 33.5. The number of nitrogens with one attached hydrogen (secondary N) is 1. The number of amides is 1. The van der Waals surface area contributed by atoms with Crippen LogP contribution in [0.3, 0.4) is 0 Å². The standard InChI is InChI=1S/C25H34N2O6S2/c1-18(2)15-27(35(31,32)22-10-8-20(28)9-11-22)16-24(29)23(14-19-6-4-3-5-7-19)26-25(30)33-21-12-13-34-17-21/h3-11,18,21,23-24,28-29H,12-17H2,1-2H3,(H,26,30). The zero-order valence-electron chi connectivity index (χ0n) is 20.0. The Hall–Kier alpha value is -2.27. The summed E-state index contributed by atoms with van der Waals surface area (Å²) in [6, 6.07) is 13.9. The molecule has 8 nitrogen and oxygen atoms in total. The number of rotatable bonds is 11. The lowest BCUT2D eigenvalue weighted by Crippen LogP contribution is -2.51. The van der Waals surface area contributed by atoms with Crippen molar-refractivity contribution in [3.8, 4) is 5.75 Å². The highest BCUT2D eigenvalue weighted by atomic mass is 32.2. The van der Waals surface area contributed by atoms with Crippen LogP contribution >= 0.6 is 11.8 Å². The van der Waals surface area contributed by atoms with E-state index >= 15 is 0 Å². The van der Waals surface area contributed by atoms with Gasteiger partial charge in [0.1, 0.15) is 11.9 Å². The molecule has 10 heteroatoms. The van der Waals surface area contributed by atoms with Gasteiger partial charge in [-0.2, -0.15) is 16.1 Å². The van der Waals surface area contributed by atoms with Crippen molar-refractivity contribution in [1.82, 2.24) is 9.62 Å². The maximum atomic E-state index is 13.4. The molecule has 1 heterocycles. The average Bonchev–Trinajstić information content (AvgIpc) is 3.31. The van der Waals surface area contributed by atoms with Gasteiger partial charge in [-0.3, -0.25) is 0 Å². The Balaban J connectivity index is 1.80. The van der Waals surface area contributed by atoms with Crippen molar-refractivity contribution in [1.29, 1.82) is 0 Å². The fourth-order valence-electron chi connectivity index (χ4n) is 3.88. The maximum absolute atomic E-state index is 13.4. The van der Waals surface area contributed by atoms with E-state index in [0.29, 0.717) is 6.42 Å². The number of aliphatic hydroxyl groups excluding tert-OH is 1. The van der Waals surface area contributed by atoms with Crippen LogP contribution in [0.1, 0.15) is 25.8 Å². The topological polar surface area (TPSA) is 116 Å². The fraction of sp³-hybridized carbons (Fsp3) is 0.480. The number of sulfonamides is 1. The number of carbonyl (C=O) groups is 1. The number of thioether (sulfide) groups is 1. The summed E-state index contributed by atoms with van der Waals surface area (Å²) in [6.07, 6.45) is -0.870. The van der Waals surface area contributed by atoms with Gasteiger partial charge in [0.05, 0.1) is 17.0 Å². The second-order valence-electron chi connectivity index (χ2n) is 9.11. The van der Waals surface area contributed by atoms with Gasteiger partial charge in [-0.05, 0) is 54.3 Å². The third-order valence-corrected chi connectivity index (χ3v) is 8.64. The Morgan fingerprint density at radius 2 is 1.83 bits per heavy atom. The van der Waals surface area contributed by atoms with E-state index in [2.05, 4.69) is 5.32 Å². The van der Waals surface area contributed by atoms with Crippen molar-refractivity contribution >= 4 is 27.9 Å². The monoisotopic (exact) mass is 522 g/mol. The molecule has 0 aliphatic carbocycles. The minimum atomic E-state index is -3.95. The van der Waals surface area contributed by atoms with Gasteiger partial charge in [-0.15, -0.1) is 0 Å². The molecule has 0 aromatic heterocycles. The Bertz CT molecular complexity index is 1040. The van der Waals surface area contributed by atoms with Crippen LogP contribution in [-0.4, -0.2) is 71.9 Å². The van der Waals surface area contributed by atoms with E-state index in [4.69, 9.17) is 4.74 Å². The largest absolute Gasteiger partial charge is 0.508 e. The molecule has 35 heavy (non-hydrogen) atoms. The Labute approximate surface area is 211 Å². The fourth-order valence-corrected chi connectivity index (χ4v) is 6.59. The van der Waals surface area contributed by atoms with Gasteiger partial charge >= 0.3 is 6.09 Å². The van der Waals surface area contributed by atoms with Gasteiger partial charge in [0.2, 0.25) is 10.0 Å². The van der Waals surface area contributed by atoms with Crippen LogP contribution in [0.15, 0.2) is 59.5 Å². The van der Waals surface area contributed by atoms with E-state index in [1.54, 1.807) is 11.8 Å². The van der Waals surface area contributed by atoms with E-state index in [1.807, 2.05) is 44.2 Å². The smallest absolute Gasteiger partial charge is 0.407 e. The summed E-state index contributed by atoms with van der Waals surface area (Å²) in [5.41, 5.74) is 0.894. The lowest BCUT2D eigenvalue weighted by molar-refractivity contribution is 0.0769. The van der Waals surface area contributed by atoms with E-state index < -0.39 is 28.3 Å². The van der Waals surface area contributed by atoms with E-state index in [1.165, 1.54) is 28.6 Å². The molecule has 3 N–H and O–H groups in total. The second kappa shape index (κ2) is 12.6. The first-order valence-corrected chi connectivity index (χ1v) is 14.3. The van der Waals surface area contributed by atoms with Crippen LogP contribution in [0, 0.1) is 5.92 Å². The number of hydrogen-bond donors (Lipinski definition) is 3. The molecule has 0 bridgehead atoms. The van der Waals surface area contributed by atoms with Crippen LogP contribution in [0.4, 0.5) is 4.79 Å². The average molecular weight is 523 g/mol. The number of benzene rings is 2. The number of ether oxygens (including phenoxy) is 1. The van der Waals surface area contributed by atoms with Crippen LogP contribution in [-0.2, 0) is 21.2 Å². The molecule has 2 aromatic rings. The Morgan fingerprint density at radius 3 is 2.43 bits per heavy atom. The molecule has 0 spiro atoms. The number of aliphatic hydroxyl groups is 1. The normalized spacial score (nSPS) is 17.9. The number of carbonyl (C=O) groups excluding carboxylic acids is 1. The molecule has 0 saturated carbocycles. The summed E-state index contributed by atoms with van der Waals surface area (Å²) >= 11 is 1.72. The second-order valence-corrected chi connectivity index (χ2v) is 12.2. The SMILES string of the molecule is CC(C)CN(CC(O)C(Cc1ccccc1)NC(=O)OC1CCSC1)S(=O)(=O)c1ccc(O)cc1. The van der Waals surface area contributed by atoms with Gasteiger partial charge in [-0.25, -0.2) is 13.2 Å². The number of phenols is 1. The highest BCUT2D eigenvalue weighted by molar-refractivity contribution is 7.99. The van der Waals surface area contributed by atoms with Gasteiger partial charge in [0.25, 0.3) is 0 Å². The summed E-state index contributed by atoms with van der Waals surface area (Å²) in [5, 5.41) is 23.5. The third-order valence-electron chi connectivity index (χ3n) is 5.66. The minimum Gasteiger partial charge on any atom is -0.508 e. The van der Waals surface area contributed by atoms with E-state index in [0.717, 1.165) is 23.5 Å². The van der Waals surface area contributed by atoms with E-state index in [-0.39, 0.29) is 35.8 Å².